The van der Waals surface area contributed by atoms with E-state index >= 15 is 0 Å². The fourth-order valence-corrected chi connectivity index (χ4v) is 4.73. The van der Waals surface area contributed by atoms with Crippen molar-refractivity contribution in [3.63, 3.8) is 0 Å². The van der Waals surface area contributed by atoms with E-state index in [0.29, 0.717) is 0 Å². The maximum atomic E-state index is 3.52. The monoisotopic (exact) mass is 447 g/mol. The molecule has 0 radical (unpaired) electrons. The van der Waals surface area contributed by atoms with Crippen LogP contribution < -0.4 is 0 Å². The Hall–Kier alpha value is -3.36. The van der Waals surface area contributed by atoms with Gasteiger partial charge in [0.15, 0.2) is 0 Å². The molecule has 5 aromatic carbocycles. The highest BCUT2D eigenvalue weighted by Gasteiger charge is 2.14. The van der Waals surface area contributed by atoms with Gasteiger partial charge in [-0.3, -0.25) is 0 Å². The summed E-state index contributed by atoms with van der Waals surface area (Å²) >= 11 is 3.52. The molecule has 2 heteroatoms. The number of rotatable bonds is 2. The minimum atomic E-state index is 1.10. The predicted octanol–water partition coefficient (Wildman–Crippen LogP) is 8.37. The number of para-hydroxylation sites is 1. The summed E-state index contributed by atoms with van der Waals surface area (Å²) in [4.78, 5) is 0. The average Bonchev–Trinajstić information content (AvgIpc) is 3.15. The Kier molecular flexibility index (Phi) is 4.00. The van der Waals surface area contributed by atoms with Gasteiger partial charge in [-0.15, -0.1) is 0 Å². The molecular formula is C28H18BrN. The van der Waals surface area contributed by atoms with Gasteiger partial charge in [-0.1, -0.05) is 88.7 Å². The second-order valence-corrected chi connectivity index (χ2v) is 8.50. The third-order valence-corrected chi connectivity index (χ3v) is 6.39. The zero-order valence-electron chi connectivity index (χ0n) is 16.2. The first-order valence-corrected chi connectivity index (χ1v) is 10.9. The molecular weight excluding hydrogens is 430 g/mol. The summed E-state index contributed by atoms with van der Waals surface area (Å²) in [5, 5.41) is 5.19. The van der Waals surface area contributed by atoms with E-state index in [4.69, 9.17) is 0 Å². The molecule has 0 amide bonds. The maximum absolute atomic E-state index is 3.52. The first-order valence-electron chi connectivity index (χ1n) is 10.1. The molecule has 0 aliphatic heterocycles. The van der Waals surface area contributed by atoms with Crippen LogP contribution in [0.3, 0.4) is 0 Å². The SMILES string of the molecule is Brc1ccc(-c2ccc(-n3c4ccccc4c4c5ccccc5ccc43)cc2)cc1. The Morgan fingerprint density at radius 3 is 1.90 bits per heavy atom. The molecule has 0 N–H and O–H groups in total. The van der Waals surface area contributed by atoms with Gasteiger partial charge >= 0.3 is 0 Å². The van der Waals surface area contributed by atoms with Gasteiger partial charge < -0.3 is 4.57 Å². The fourth-order valence-electron chi connectivity index (χ4n) is 4.46. The summed E-state index contributed by atoms with van der Waals surface area (Å²) in [7, 11) is 0. The number of aromatic nitrogens is 1. The van der Waals surface area contributed by atoms with Crippen LogP contribution in [0.5, 0.6) is 0 Å². The molecule has 0 saturated carbocycles. The molecule has 0 aliphatic carbocycles. The lowest BCUT2D eigenvalue weighted by atomic mass is 10.0. The van der Waals surface area contributed by atoms with Crippen molar-refractivity contribution in [2.75, 3.05) is 0 Å². The Morgan fingerprint density at radius 1 is 0.500 bits per heavy atom. The Labute approximate surface area is 183 Å². The highest BCUT2D eigenvalue weighted by atomic mass is 79.9. The van der Waals surface area contributed by atoms with Crippen LogP contribution in [0.1, 0.15) is 0 Å². The third-order valence-electron chi connectivity index (χ3n) is 5.87. The summed E-state index contributed by atoms with van der Waals surface area (Å²) in [5.41, 5.74) is 6.10. The van der Waals surface area contributed by atoms with Gasteiger partial charge in [0.05, 0.1) is 11.0 Å². The van der Waals surface area contributed by atoms with E-state index in [-0.39, 0.29) is 0 Å². The zero-order valence-corrected chi connectivity index (χ0v) is 17.8. The van der Waals surface area contributed by atoms with Crippen LogP contribution in [-0.2, 0) is 0 Å². The molecule has 0 aliphatic rings. The molecule has 0 atom stereocenters. The summed E-state index contributed by atoms with van der Waals surface area (Å²) in [6.45, 7) is 0. The lowest BCUT2D eigenvalue weighted by Crippen LogP contribution is -1.93. The van der Waals surface area contributed by atoms with E-state index in [0.717, 1.165) is 4.47 Å². The zero-order chi connectivity index (χ0) is 20.1. The summed E-state index contributed by atoms with van der Waals surface area (Å²) in [6, 6.07) is 39.1. The molecule has 6 aromatic rings. The second kappa shape index (κ2) is 6.86. The van der Waals surface area contributed by atoms with E-state index < -0.39 is 0 Å². The highest BCUT2D eigenvalue weighted by molar-refractivity contribution is 9.10. The van der Waals surface area contributed by atoms with Crippen molar-refractivity contribution in [1.82, 2.24) is 4.57 Å². The van der Waals surface area contributed by atoms with Gasteiger partial charge in [0.2, 0.25) is 0 Å². The molecule has 30 heavy (non-hydrogen) atoms. The summed E-state index contributed by atoms with van der Waals surface area (Å²) in [5.74, 6) is 0. The molecule has 6 rings (SSSR count). The van der Waals surface area contributed by atoms with Gasteiger partial charge in [-0.2, -0.15) is 0 Å². The Bertz CT molecular complexity index is 1520. The van der Waals surface area contributed by atoms with Crippen molar-refractivity contribution in [2.24, 2.45) is 0 Å². The average molecular weight is 448 g/mol. The molecule has 0 saturated heterocycles. The fraction of sp³-hybridized carbons (Fsp3) is 0. The van der Waals surface area contributed by atoms with Crippen molar-refractivity contribution in [1.29, 1.82) is 0 Å². The van der Waals surface area contributed by atoms with E-state index in [2.05, 4.69) is 130 Å². The van der Waals surface area contributed by atoms with Crippen LogP contribution in [0.25, 0.3) is 49.4 Å². The molecule has 0 bridgehead atoms. The molecule has 142 valence electrons. The van der Waals surface area contributed by atoms with Gasteiger partial charge in [0, 0.05) is 20.9 Å². The first kappa shape index (κ1) is 17.5. The highest BCUT2D eigenvalue weighted by Crippen LogP contribution is 2.37. The van der Waals surface area contributed by atoms with E-state index in [9.17, 15) is 0 Å². The third kappa shape index (κ3) is 2.68. The topological polar surface area (TPSA) is 4.93 Å². The first-order chi connectivity index (χ1) is 14.8. The lowest BCUT2D eigenvalue weighted by molar-refractivity contribution is 1.18. The minimum Gasteiger partial charge on any atom is -0.309 e. The summed E-state index contributed by atoms with van der Waals surface area (Å²) < 4.78 is 3.48. The van der Waals surface area contributed by atoms with Crippen LogP contribution in [-0.4, -0.2) is 4.57 Å². The number of fused-ring (bicyclic) bond motifs is 5. The van der Waals surface area contributed by atoms with Gasteiger partial charge in [-0.25, -0.2) is 0 Å². The van der Waals surface area contributed by atoms with Crippen molar-refractivity contribution in [2.45, 2.75) is 0 Å². The smallest absolute Gasteiger partial charge is 0.0547 e. The van der Waals surface area contributed by atoms with Crippen molar-refractivity contribution in [3.8, 4) is 16.8 Å². The van der Waals surface area contributed by atoms with Crippen LogP contribution in [0.15, 0.2) is 114 Å². The number of halogens is 1. The number of benzene rings is 5. The molecule has 0 unspecified atom stereocenters. The van der Waals surface area contributed by atoms with Crippen molar-refractivity contribution < 1.29 is 0 Å². The lowest BCUT2D eigenvalue weighted by Gasteiger charge is -2.10. The van der Waals surface area contributed by atoms with Gasteiger partial charge in [0.1, 0.15) is 0 Å². The number of hydrogen-bond donors (Lipinski definition) is 0. The van der Waals surface area contributed by atoms with Gasteiger partial charge in [0.25, 0.3) is 0 Å². The van der Waals surface area contributed by atoms with E-state index in [1.54, 1.807) is 0 Å². The Balaban J connectivity index is 1.60. The van der Waals surface area contributed by atoms with Crippen LogP contribution in [0.2, 0.25) is 0 Å². The predicted molar refractivity (Wildman–Crippen MR) is 131 cm³/mol. The van der Waals surface area contributed by atoms with Crippen molar-refractivity contribution in [3.05, 3.63) is 114 Å². The van der Waals surface area contributed by atoms with Gasteiger partial charge in [-0.05, 0) is 58.3 Å². The standard InChI is InChI=1S/C28H18BrN/c29-22-14-9-19(10-15-22)20-11-16-23(17-12-20)30-26-8-4-3-7-25(26)28-24-6-2-1-5-21(24)13-18-27(28)30/h1-18H. The van der Waals surface area contributed by atoms with Crippen molar-refractivity contribution >= 4 is 48.5 Å². The number of hydrogen-bond acceptors (Lipinski definition) is 0. The summed E-state index contributed by atoms with van der Waals surface area (Å²) in [6.07, 6.45) is 0. The second-order valence-electron chi connectivity index (χ2n) is 7.59. The molecule has 1 heterocycles. The maximum Gasteiger partial charge on any atom is 0.0547 e. The Morgan fingerprint density at radius 2 is 1.13 bits per heavy atom. The van der Waals surface area contributed by atoms with Crippen LogP contribution >= 0.6 is 15.9 Å². The van der Waals surface area contributed by atoms with Crippen LogP contribution in [0.4, 0.5) is 0 Å². The normalized spacial score (nSPS) is 11.5. The largest absolute Gasteiger partial charge is 0.309 e. The quantitative estimate of drug-likeness (QED) is 0.251. The minimum absolute atomic E-state index is 1.10. The van der Waals surface area contributed by atoms with E-state index in [1.165, 1.54) is 49.4 Å². The molecule has 0 spiro atoms. The molecule has 0 fully saturated rings. The molecule has 1 aromatic heterocycles. The number of nitrogens with zero attached hydrogens (tertiary/aromatic N) is 1. The van der Waals surface area contributed by atoms with Crippen LogP contribution in [0, 0.1) is 0 Å². The molecule has 1 nitrogen and oxygen atoms in total. The van der Waals surface area contributed by atoms with E-state index in [1.807, 2.05) is 0 Å².